The Morgan fingerprint density at radius 1 is 1.11 bits per heavy atom. The number of rotatable bonds is 3. The van der Waals surface area contributed by atoms with Gasteiger partial charge in [0.25, 0.3) is 0 Å². The first kappa shape index (κ1) is 15.0. The highest BCUT2D eigenvalue weighted by molar-refractivity contribution is 5.34. The van der Waals surface area contributed by atoms with Gasteiger partial charge in [-0.3, -0.25) is 0 Å². The average molecular weight is 259 g/mol. The molecule has 1 N–H and O–H groups in total. The van der Waals surface area contributed by atoms with Crippen molar-refractivity contribution in [2.24, 2.45) is 0 Å². The van der Waals surface area contributed by atoms with Crippen LogP contribution >= 0.6 is 0 Å². The maximum absolute atomic E-state index is 12.0. The Morgan fingerprint density at radius 2 is 1.72 bits per heavy atom. The molecule has 0 saturated heterocycles. The minimum Gasteiger partial charge on any atom is -0.305 e. The van der Waals surface area contributed by atoms with Crippen LogP contribution in [0.4, 0.5) is 13.2 Å². The largest absolute Gasteiger partial charge is 0.401 e. The fraction of sp³-hybridized carbons (Fsp3) is 0.571. The van der Waals surface area contributed by atoms with Gasteiger partial charge in [0.1, 0.15) is 0 Å². The molecule has 0 unspecified atom stereocenters. The van der Waals surface area contributed by atoms with E-state index in [0.717, 1.165) is 11.1 Å². The number of nitrogens with one attached hydrogen (secondary N) is 1. The summed E-state index contributed by atoms with van der Waals surface area (Å²) in [4.78, 5) is 0. The summed E-state index contributed by atoms with van der Waals surface area (Å²) in [5.74, 6) is 0. The second-order valence-electron chi connectivity index (χ2n) is 5.61. The van der Waals surface area contributed by atoms with Crippen LogP contribution in [0.5, 0.6) is 0 Å². The Morgan fingerprint density at radius 3 is 2.17 bits per heavy atom. The molecule has 0 aromatic heterocycles. The van der Waals surface area contributed by atoms with E-state index in [2.05, 4.69) is 26.1 Å². The number of alkyl halides is 3. The summed E-state index contributed by atoms with van der Waals surface area (Å²) in [6, 6.07) is 5.93. The summed E-state index contributed by atoms with van der Waals surface area (Å²) < 4.78 is 36.1. The van der Waals surface area contributed by atoms with Crippen LogP contribution in [0.3, 0.4) is 0 Å². The molecule has 0 spiro atoms. The number of benzene rings is 1. The monoisotopic (exact) mass is 259 g/mol. The van der Waals surface area contributed by atoms with Gasteiger partial charge < -0.3 is 5.32 Å². The summed E-state index contributed by atoms with van der Waals surface area (Å²) >= 11 is 0. The molecule has 0 heterocycles. The lowest BCUT2D eigenvalue weighted by atomic mass is 9.85. The SMILES string of the molecule is Cc1cc(C(C)(C)C)ccc1CNCC(F)(F)F. The third-order valence-corrected chi connectivity index (χ3v) is 2.85. The molecule has 1 rings (SSSR count). The Hall–Kier alpha value is -1.03. The highest BCUT2D eigenvalue weighted by Crippen LogP contribution is 2.24. The standard InChI is InChI=1S/C14H20F3N/c1-10-7-12(13(2,3)4)6-5-11(10)8-18-9-14(15,16)17/h5-7,18H,8-9H2,1-4H3. The fourth-order valence-corrected chi connectivity index (χ4v) is 1.70. The maximum Gasteiger partial charge on any atom is 0.401 e. The van der Waals surface area contributed by atoms with Crippen molar-refractivity contribution in [3.63, 3.8) is 0 Å². The first-order chi connectivity index (χ1) is 8.09. The molecule has 1 aromatic carbocycles. The summed E-state index contributed by atoms with van der Waals surface area (Å²) in [5.41, 5.74) is 3.19. The topological polar surface area (TPSA) is 12.0 Å². The predicted octanol–water partition coefficient (Wildman–Crippen LogP) is 3.94. The summed E-state index contributed by atoms with van der Waals surface area (Å²) in [5, 5.41) is 2.42. The van der Waals surface area contributed by atoms with Gasteiger partial charge >= 0.3 is 6.18 Å². The van der Waals surface area contributed by atoms with Crippen LogP contribution in [0.2, 0.25) is 0 Å². The van der Waals surface area contributed by atoms with Gasteiger partial charge in [0, 0.05) is 6.54 Å². The molecule has 0 amide bonds. The van der Waals surface area contributed by atoms with Crippen LogP contribution < -0.4 is 5.32 Å². The highest BCUT2D eigenvalue weighted by atomic mass is 19.4. The quantitative estimate of drug-likeness (QED) is 0.866. The zero-order valence-corrected chi connectivity index (χ0v) is 11.3. The van der Waals surface area contributed by atoms with E-state index in [1.807, 2.05) is 25.1 Å². The summed E-state index contributed by atoms with van der Waals surface area (Å²) in [6.45, 7) is 7.57. The molecular formula is C14H20F3N. The van der Waals surface area contributed by atoms with Crippen molar-refractivity contribution in [1.82, 2.24) is 5.32 Å². The first-order valence-electron chi connectivity index (χ1n) is 5.97. The second-order valence-corrected chi connectivity index (χ2v) is 5.61. The molecule has 102 valence electrons. The van der Waals surface area contributed by atoms with Crippen LogP contribution in [0.25, 0.3) is 0 Å². The van der Waals surface area contributed by atoms with Crippen LogP contribution in [0.1, 0.15) is 37.5 Å². The Kier molecular flexibility index (Phi) is 4.43. The van der Waals surface area contributed by atoms with E-state index in [1.54, 1.807) is 0 Å². The third-order valence-electron chi connectivity index (χ3n) is 2.85. The molecule has 0 aliphatic carbocycles. The van der Waals surface area contributed by atoms with Gasteiger partial charge in [-0.2, -0.15) is 13.2 Å². The molecule has 0 aliphatic heterocycles. The molecule has 0 saturated carbocycles. The Labute approximate surface area is 106 Å². The van der Waals surface area contributed by atoms with Crippen LogP contribution in [-0.2, 0) is 12.0 Å². The molecule has 0 fully saturated rings. The summed E-state index contributed by atoms with van der Waals surface area (Å²) in [7, 11) is 0. The van der Waals surface area contributed by atoms with Crippen molar-refractivity contribution in [1.29, 1.82) is 0 Å². The van der Waals surface area contributed by atoms with E-state index in [4.69, 9.17) is 0 Å². The molecule has 1 aromatic rings. The van der Waals surface area contributed by atoms with Crippen molar-refractivity contribution in [3.8, 4) is 0 Å². The second kappa shape index (κ2) is 5.31. The average Bonchev–Trinajstić information content (AvgIpc) is 2.17. The van der Waals surface area contributed by atoms with Gasteiger partial charge in [0.05, 0.1) is 6.54 Å². The van der Waals surface area contributed by atoms with Crippen LogP contribution in [0.15, 0.2) is 18.2 Å². The Bertz CT molecular complexity index is 402. The molecule has 18 heavy (non-hydrogen) atoms. The van der Waals surface area contributed by atoms with E-state index in [1.165, 1.54) is 5.56 Å². The molecule has 0 bridgehead atoms. The van der Waals surface area contributed by atoms with Gasteiger partial charge in [-0.15, -0.1) is 0 Å². The number of hydrogen-bond acceptors (Lipinski definition) is 1. The van der Waals surface area contributed by atoms with Crippen molar-refractivity contribution >= 4 is 0 Å². The molecular weight excluding hydrogens is 239 g/mol. The Balaban J connectivity index is 2.69. The van der Waals surface area contributed by atoms with Crippen molar-refractivity contribution in [3.05, 3.63) is 34.9 Å². The molecule has 1 nitrogen and oxygen atoms in total. The minimum absolute atomic E-state index is 0.0582. The van der Waals surface area contributed by atoms with Gasteiger partial charge in [0.2, 0.25) is 0 Å². The smallest absolute Gasteiger partial charge is 0.305 e. The lowest BCUT2D eigenvalue weighted by Gasteiger charge is -2.20. The lowest BCUT2D eigenvalue weighted by Crippen LogP contribution is -2.28. The van der Waals surface area contributed by atoms with E-state index in [0.29, 0.717) is 0 Å². The predicted molar refractivity (Wildman–Crippen MR) is 67.6 cm³/mol. The first-order valence-corrected chi connectivity index (χ1v) is 5.97. The maximum atomic E-state index is 12.0. The molecule has 4 heteroatoms. The zero-order valence-electron chi connectivity index (χ0n) is 11.3. The molecule has 0 aliphatic rings. The van der Waals surface area contributed by atoms with Gasteiger partial charge in [-0.05, 0) is 29.0 Å². The number of aryl methyl sites for hydroxylation is 1. The van der Waals surface area contributed by atoms with Crippen molar-refractivity contribution in [2.45, 2.75) is 45.8 Å². The number of halogens is 3. The van der Waals surface area contributed by atoms with E-state index in [-0.39, 0.29) is 12.0 Å². The normalized spacial score (nSPS) is 12.8. The minimum atomic E-state index is -4.15. The van der Waals surface area contributed by atoms with Crippen molar-refractivity contribution < 1.29 is 13.2 Å². The molecule has 0 radical (unpaired) electrons. The summed E-state index contributed by atoms with van der Waals surface area (Å²) in [6.07, 6.45) is -4.15. The molecule has 0 atom stereocenters. The number of hydrogen-bond donors (Lipinski definition) is 1. The van der Waals surface area contributed by atoms with E-state index < -0.39 is 12.7 Å². The highest BCUT2D eigenvalue weighted by Gasteiger charge is 2.26. The van der Waals surface area contributed by atoms with E-state index in [9.17, 15) is 13.2 Å². The van der Waals surface area contributed by atoms with E-state index >= 15 is 0 Å². The van der Waals surface area contributed by atoms with Crippen LogP contribution in [0, 0.1) is 6.92 Å². The van der Waals surface area contributed by atoms with Crippen molar-refractivity contribution in [2.75, 3.05) is 6.54 Å². The van der Waals surface area contributed by atoms with Crippen LogP contribution in [-0.4, -0.2) is 12.7 Å². The van der Waals surface area contributed by atoms with Gasteiger partial charge in [-0.25, -0.2) is 0 Å². The lowest BCUT2D eigenvalue weighted by molar-refractivity contribution is -0.125. The fourth-order valence-electron chi connectivity index (χ4n) is 1.70. The third kappa shape index (κ3) is 4.69. The van der Waals surface area contributed by atoms with Gasteiger partial charge in [-0.1, -0.05) is 39.0 Å². The zero-order chi connectivity index (χ0) is 14.0. The van der Waals surface area contributed by atoms with Gasteiger partial charge in [0.15, 0.2) is 0 Å².